The number of carbonyl (C=O) groups excluding carboxylic acids is 2. The van der Waals surface area contributed by atoms with Gasteiger partial charge < -0.3 is 35.2 Å². The van der Waals surface area contributed by atoms with E-state index in [2.05, 4.69) is 21.3 Å². The first-order chi connectivity index (χ1) is 17.4. The molecular formula is C21H26N2O12S2. The number of nitrogens with zero attached hydrogens (tertiary/aromatic N) is 1. The van der Waals surface area contributed by atoms with Crippen LogP contribution in [0.5, 0.6) is 0 Å². The van der Waals surface area contributed by atoms with E-state index in [0.29, 0.717) is 23.0 Å². The molecule has 0 aliphatic carbocycles. The Balaban J connectivity index is 1.71. The molecule has 37 heavy (non-hydrogen) atoms. The van der Waals surface area contributed by atoms with Crippen LogP contribution < -0.4 is 5.32 Å². The van der Waals surface area contributed by atoms with Crippen molar-refractivity contribution in [1.29, 1.82) is 0 Å². The summed E-state index contributed by atoms with van der Waals surface area (Å²) in [5, 5.41) is 45.2. The van der Waals surface area contributed by atoms with Crippen LogP contribution in [0.3, 0.4) is 0 Å². The second-order valence-electron chi connectivity index (χ2n) is 8.10. The third kappa shape index (κ3) is 7.48. The first kappa shape index (κ1) is 29.0. The summed E-state index contributed by atoms with van der Waals surface area (Å²) in [6, 6.07) is 6.85. The van der Waals surface area contributed by atoms with E-state index in [4.69, 9.17) is 14.0 Å². The van der Waals surface area contributed by atoms with Gasteiger partial charge in [0.15, 0.2) is 0 Å². The highest BCUT2D eigenvalue weighted by atomic mass is 32.3. The number of hydrogen-bond acceptors (Lipinski definition) is 13. The predicted molar refractivity (Wildman–Crippen MR) is 129 cm³/mol. The number of oxime groups is 1. The van der Waals surface area contributed by atoms with Crippen LogP contribution in [0, 0.1) is 0 Å². The van der Waals surface area contributed by atoms with Crippen LogP contribution in [0.1, 0.15) is 24.3 Å². The van der Waals surface area contributed by atoms with Gasteiger partial charge in [-0.1, -0.05) is 47.8 Å². The second-order valence-corrected chi connectivity index (χ2v) is 10.3. The number of hydrogen-bond donors (Lipinski definition) is 6. The first-order valence-corrected chi connectivity index (χ1v) is 13.1. The van der Waals surface area contributed by atoms with Crippen molar-refractivity contribution < 1.29 is 56.7 Å². The van der Waals surface area contributed by atoms with E-state index in [-0.39, 0.29) is 23.8 Å². The molecule has 204 valence electrons. The van der Waals surface area contributed by atoms with Crippen molar-refractivity contribution in [2.45, 2.75) is 54.7 Å². The molecule has 0 spiro atoms. The lowest BCUT2D eigenvalue weighted by molar-refractivity contribution is -0.205. The highest BCUT2D eigenvalue weighted by Crippen LogP contribution is 2.35. The molecule has 2 heterocycles. The molecule has 1 aromatic carbocycles. The molecule has 0 radical (unpaired) electrons. The summed E-state index contributed by atoms with van der Waals surface area (Å²) in [5.41, 5.74) is -0.168. The average molecular weight is 563 g/mol. The molecule has 1 aromatic rings. The second kappa shape index (κ2) is 12.3. The molecule has 2 aliphatic rings. The van der Waals surface area contributed by atoms with E-state index in [1.54, 1.807) is 24.3 Å². The number of amides is 1. The lowest BCUT2D eigenvalue weighted by atomic mass is 9.97. The van der Waals surface area contributed by atoms with E-state index in [9.17, 15) is 38.4 Å². The number of rotatable bonds is 10. The monoisotopic (exact) mass is 562 g/mol. The summed E-state index contributed by atoms with van der Waals surface area (Å²) in [6.45, 7) is 2.84. The molecule has 0 saturated carbocycles. The molecule has 16 heteroatoms. The molecule has 0 aromatic heterocycles. The Kier molecular flexibility index (Phi) is 9.65. The van der Waals surface area contributed by atoms with E-state index in [0.717, 1.165) is 0 Å². The Morgan fingerprint density at radius 3 is 2.59 bits per heavy atom. The molecule has 14 nitrogen and oxygen atoms in total. The van der Waals surface area contributed by atoms with Crippen LogP contribution in [-0.4, -0.2) is 92.9 Å². The van der Waals surface area contributed by atoms with Gasteiger partial charge in [0, 0.05) is 12.1 Å². The molecule has 6 N–H and O–H groups in total. The number of para-hydroxylation sites is 1. The molecule has 2 aliphatic heterocycles. The summed E-state index contributed by atoms with van der Waals surface area (Å²) in [7, 11) is -5.04. The topological polar surface area (TPSA) is 222 Å². The number of anilines is 1. The molecule has 0 bridgehead atoms. The maximum atomic E-state index is 12.6. The van der Waals surface area contributed by atoms with Crippen molar-refractivity contribution >= 4 is 44.8 Å². The zero-order chi connectivity index (χ0) is 27.3. The van der Waals surface area contributed by atoms with E-state index < -0.39 is 64.8 Å². The Morgan fingerprint density at radius 2 is 1.95 bits per heavy atom. The lowest BCUT2D eigenvalue weighted by Crippen LogP contribution is -2.57. The number of esters is 1. The number of nitrogens with one attached hydrogen (secondary N) is 1. The van der Waals surface area contributed by atoms with Gasteiger partial charge in [-0.3, -0.25) is 14.1 Å². The summed E-state index contributed by atoms with van der Waals surface area (Å²) in [6.07, 6.45) is -6.94. The van der Waals surface area contributed by atoms with Crippen molar-refractivity contribution in [3.05, 3.63) is 42.5 Å². The van der Waals surface area contributed by atoms with Crippen LogP contribution in [0.4, 0.5) is 5.69 Å². The van der Waals surface area contributed by atoms with Crippen molar-refractivity contribution in [2.24, 2.45) is 5.16 Å². The number of fused-ring (bicyclic) bond motifs is 1. The minimum absolute atomic E-state index is 0.288. The zero-order valence-corrected chi connectivity index (χ0v) is 20.7. The van der Waals surface area contributed by atoms with Crippen molar-refractivity contribution in [1.82, 2.24) is 0 Å². The summed E-state index contributed by atoms with van der Waals surface area (Å²) in [5.74, 6) is -1.95. The summed E-state index contributed by atoms with van der Waals surface area (Å²) < 4.78 is 45.7. The fourth-order valence-electron chi connectivity index (χ4n) is 3.70. The molecular weight excluding hydrogens is 536 g/mol. The number of aliphatic hydroxyl groups is 4. The van der Waals surface area contributed by atoms with Crippen molar-refractivity contribution in [3.8, 4) is 0 Å². The fraction of sp³-hybridized carbons (Fsp3) is 0.476. The number of ether oxygens (including phenoxy) is 2. The largest absolute Gasteiger partial charge is 0.466 e. The van der Waals surface area contributed by atoms with Gasteiger partial charge in [-0.25, -0.2) is 4.28 Å². The van der Waals surface area contributed by atoms with Gasteiger partial charge >= 0.3 is 16.4 Å². The number of benzene rings is 1. The smallest absolute Gasteiger partial charge is 0.458 e. The number of carbonyl (C=O) groups is 2. The van der Waals surface area contributed by atoms with Crippen molar-refractivity contribution in [3.63, 3.8) is 0 Å². The minimum atomic E-state index is -5.04. The predicted octanol–water partition coefficient (Wildman–Crippen LogP) is -0.734. The van der Waals surface area contributed by atoms with Gasteiger partial charge in [0.2, 0.25) is 5.91 Å². The first-order valence-electron chi connectivity index (χ1n) is 10.9. The Bertz CT molecular complexity index is 1140. The minimum Gasteiger partial charge on any atom is -0.458 e. The molecule has 2 unspecified atom stereocenters. The van der Waals surface area contributed by atoms with E-state index >= 15 is 0 Å². The number of thioether (sulfide) groups is 1. The Labute approximate surface area is 215 Å². The Hall–Kier alpha value is -2.57. The van der Waals surface area contributed by atoms with Crippen LogP contribution in [0.15, 0.2) is 42.1 Å². The molecule has 1 amide bonds. The van der Waals surface area contributed by atoms with E-state index in [1.165, 1.54) is 6.08 Å². The lowest BCUT2D eigenvalue weighted by Gasteiger charge is -2.39. The van der Waals surface area contributed by atoms with Gasteiger partial charge in [-0.05, 0) is 11.6 Å². The van der Waals surface area contributed by atoms with Crippen LogP contribution in [-0.2, 0) is 33.7 Å². The molecule has 7 atom stereocenters. The number of aliphatic hydroxyl groups excluding tert-OH is 4. The van der Waals surface area contributed by atoms with Crippen LogP contribution in [0.25, 0.3) is 0 Å². The maximum absolute atomic E-state index is 12.6. The SMILES string of the molecule is C=CC(C/C(=N/OS(=O)(=O)O)S[C@@H]1O[C@H](CO)[C@@H](O)[C@H](O)[C@H]1O)OC(=O)CC1C(=O)Nc2ccccc21. The van der Waals surface area contributed by atoms with Crippen LogP contribution in [0.2, 0.25) is 0 Å². The standard InChI is InChI=1S/C21H26N2O12S2/c1-2-10(33-16(25)8-12-11-5-3-4-6-13(11)22-20(12)29)7-15(23-35-37(30,31)32)36-21-19(28)18(27)17(26)14(9-24)34-21/h2-6,10,12,14,17-19,21,24,26-28H,1,7-9H2,(H,22,29)(H,30,31,32)/b23-15-/t10?,12?,14-,17-,18+,19-,21+/m1/s1. The third-order valence-electron chi connectivity index (χ3n) is 5.54. The fourth-order valence-corrected chi connectivity index (χ4v) is 5.04. The van der Waals surface area contributed by atoms with E-state index in [1.807, 2.05) is 0 Å². The third-order valence-corrected chi connectivity index (χ3v) is 6.94. The summed E-state index contributed by atoms with van der Waals surface area (Å²) in [4.78, 5) is 24.9. The van der Waals surface area contributed by atoms with Gasteiger partial charge in [0.25, 0.3) is 0 Å². The Morgan fingerprint density at radius 1 is 1.24 bits per heavy atom. The summed E-state index contributed by atoms with van der Waals surface area (Å²) >= 11 is 0.526. The highest BCUT2D eigenvalue weighted by Gasteiger charge is 2.44. The van der Waals surface area contributed by atoms with Gasteiger partial charge in [-0.2, -0.15) is 8.42 Å². The average Bonchev–Trinajstić information content (AvgIpc) is 3.16. The maximum Gasteiger partial charge on any atom is 0.466 e. The van der Waals surface area contributed by atoms with Crippen molar-refractivity contribution in [2.75, 3.05) is 11.9 Å². The van der Waals surface area contributed by atoms with Crippen LogP contribution >= 0.6 is 11.8 Å². The molecule has 3 rings (SSSR count). The van der Waals surface area contributed by atoms with Gasteiger partial charge in [-0.15, -0.1) is 0 Å². The van der Waals surface area contributed by atoms with Gasteiger partial charge in [0.05, 0.1) is 18.9 Å². The highest BCUT2D eigenvalue weighted by molar-refractivity contribution is 8.14. The van der Waals surface area contributed by atoms with Gasteiger partial charge in [0.1, 0.15) is 41.0 Å². The molecule has 1 saturated heterocycles. The quantitative estimate of drug-likeness (QED) is 0.0517. The zero-order valence-electron chi connectivity index (χ0n) is 19.1. The molecule has 1 fully saturated rings. The normalized spacial score (nSPS) is 28.7.